The van der Waals surface area contributed by atoms with Crippen LogP contribution in [0.2, 0.25) is 0 Å². The second-order valence-corrected chi connectivity index (χ2v) is 5.82. The van der Waals surface area contributed by atoms with Gasteiger partial charge in [0.1, 0.15) is 16.4 Å². The van der Waals surface area contributed by atoms with Crippen molar-refractivity contribution in [2.75, 3.05) is 6.54 Å². The number of hydrogen-bond donors (Lipinski definition) is 2. The van der Waals surface area contributed by atoms with Crippen molar-refractivity contribution in [3.05, 3.63) is 17.1 Å². The van der Waals surface area contributed by atoms with Crippen LogP contribution in [0.1, 0.15) is 17.1 Å². The molecule has 1 aromatic heterocycles. The molecule has 20 heavy (non-hydrogen) atoms. The van der Waals surface area contributed by atoms with Gasteiger partial charge in [-0.05, 0) is 13.8 Å². The molecule has 0 bridgehead atoms. The first-order valence-electron chi connectivity index (χ1n) is 5.47. The monoisotopic (exact) mass is 318 g/mol. The number of nitrogens with one attached hydrogen (secondary N) is 1. The molecule has 0 saturated heterocycles. The zero-order valence-electron chi connectivity index (χ0n) is 10.7. The molecule has 0 aliphatic carbocycles. The molecule has 0 aliphatic rings. The van der Waals surface area contributed by atoms with Crippen molar-refractivity contribution < 1.29 is 30.4 Å². The zero-order valence-corrected chi connectivity index (χ0v) is 11.5. The molecule has 3 N–H and O–H groups in total. The van der Waals surface area contributed by atoms with Crippen LogP contribution in [0.3, 0.4) is 0 Å². The largest absolute Gasteiger partial charge is 0.465 e. The average molecular weight is 318 g/mol. The van der Waals surface area contributed by atoms with Gasteiger partial charge >= 0.3 is 12.3 Å². The molecule has 0 aromatic carbocycles. The van der Waals surface area contributed by atoms with Crippen LogP contribution in [0, 0.1) is 13.8 Å². The molecule has 0 aliphatic heterocycles. The first-order chi connectivity index (χ1) is 9.03. The molecule has 0 atom stereocenters. The van der Waals surface area contributed by atoms with E-state index < -0.39 is 28.9 Å². The van der Waals surface area contributed by atoms with E-state index in [0.29, 0.717) is 0 Å². The minimum atomic E-state index is -4.46. The van der Waals surface area contributed by atoms with Crippen LogP contribution in [0.4, 0.5) is 17.6 Å². The number of hydrogen-bond acceptors (Lipinski definition) is 4. The van der Waals surface area contributed by atoms with Crippen molar-refractivity contribution in [2.45, 2.75) is 37.6 Å². The molecule has 0 radical (unpaired) electrons. The number of nitrogens with two attached hydrogens (primary N) is 1. The maximum absolute atomic E-state index is 12.8. The van der Waals surface area contributed by atoms with Gasteiger partial charge < -0.3 is 10.2 Å². The van der Waals surface area contributed by atoms with Crippen LogP contribution >= 0.6 is 0 Å². The maximum atomic E-state index is 12.8. The third kappa shape index (κ3) is 3.30. The normalized spacial score (nSPS) is 13.2. The minimum absolute atomic E-state index is 0.0455. The maximum Gasteiger partial charge on any atom is 0.320 e. The molecular weight excluding hydrogens is 304 g/mol. The third-order valence-corrected chi connectivity index (χ3v) is 4.21. The highest BCUT2D eigenvalue weighted by atomic mass is 32.2. The summed E-state index contributed by atoms with van der Waals surface area (Å²) in [7, 11) is -4.42. The van der Waals surface area contributed by atoms with Crippen molar-refractivity contribution in [1.82, 2.24) is 4.72 Å². The SMILES string of the molecule is Cc1oc(C)c(S(=O)(=O)NCC(F)(F)C(F)F)c1CN. The summed E-state index contributed by atoms with van der Waals surface area (Å²) in [6.07, 6.45) is -3.97. The van der Waals surface area contributed by atoms with Crippen LogP contribution in [0.15, 0.2) is 9.31 Å². The Morgan fingerprint density at radius 3 is 2.30 bits per heavy atom. The second kappa shape index (κ2) is 5.70. The van der Waals surface area contributed by atoms with Crippen molar-refractivity contribution in [3.63, 3.8) is 0 Å². The molecule has 116 valence electrons. The summed E-state index contributed by atoms with van der Waals surface area (Å²) >= 11 is 0. The summed E-state index contributed by atoms with van der Waals surface area (Å²) < 4.78 is 79.8. The quantitative estimate of drug-likeness (QED) is 0.779. The number of alkyl halides is 4. The Kier molecular flexibility index (Phi) is 4.82. The van der Waals surface area contributed by atoms with E-state index in [0.717, 1.165) is 0 Å². The van der Waals surface area contributed by atoms with Crippen molar-refractivity contribution >= 4 is 10.0 Å². The van der Waals surface area contributed by atoms with Gasteiger partial charge in [0.25, 0.3) is 0 Å². The van der Waals surface area contributed by atoms with E-state index in [4.69, 9.17) is 10.2 Å². The summed E-state index contributed by atoms with van der Waals surface area (Å²) in [5, 5.41) is 0. The predicted molar refractivity (Wildman–Crippen MR) is 62.2 cm³/mol. The van der Waals surface area contributed by atoms with E-state index in [1.807, 2.05) is 0 Å². The van der Waals surface area contributed by atoms with Gasteiger partial charge in [-0.1, -0.05) is 0 Å². The number of sulfonamides is 1. The fourth-order valence-corrected chi connectivity index (χ4v) is 3.14. The van der Waals surface area contributed by atoms with Crippen LogP contribution in [-0.2, 0) is 16.6 Å². The lowest BCUT2D eigenvalue weighted by atomic mass is 10.2. The molecule has 0 fully saturated rings. The number of furan rings is 1. The highest BCUT2D eigenvalue weighted by molar-refractivity contribution is 7.89. The van der Waals surface area contributed by atoms with Crippen LogP contribution < -0.4 is 10.5 Å². The third-order valence-electron chi connectivity index (χ3n) is 2.62. The Hall–Kier alpha value is -1.13. The Morgan fingerprint density at radius 1 is 1.30 bits per heavy atom. The molecule has 1 rings (SSSR count). The molecule has 5 nitrogen and oxygen atoms in total. The van der Waals surface area contributed by atoms with Gasteiger partial charge in [-0.25, -0.2) is 21.9 Å². The highest BCUT2D eigenvalue weighted by Crippen LogP contribution is 2.27. The Morgan fingerprint density at radius 2 is 1.85 bits per heavy atom. The van der Waals surface area contributed by atoms with E-state index in [-0.39, 0.29) is 28.5 Å². The molecule has 0 amide bonds. The van der Waals surface area contributed by atoms with E-state index in [1.54, 1.807) is 0 Å². The van der Waals surface area contributed by atoms with Crippen LogP contribution in [-0.4, -0.2) is 27.3 Å². The van der Waals surface area contributed by atoms with Gasteiger partial charge in [-0.2, -0.15) is 8.78 Å². The highest BCUT2D eigenvalue weighted by Gasteiger charge is 2.42. The van der Waals surface area contributed by atoms with E-state index >= 15 is 0 Å². The fraction of sp³-hybridized carbons (Fsp3) is 0.600. The standard InChI is InChI=1S/C10H14F4N2O3S/c1-5-7(3-15)8(6(2)19-5)20(17,18)16-4-10(13,14)9(11)12/h9,16H,3-4,15H2,1-2H3. The number of aryl methyl sites for hydroxylation is 2. The Labute approximate surface area is 113 Å². The second-order valence-electron chi connectivity index (χ2n) is 4.11. The minimum Gasteiger partial charge on any atom is -0.465 e. The molecule has 0 spiro atoms. The molecule has 10 heteroatoms. The van der Waals surface area contributed by atoms with Crippen LogP contribution in [0.25, 0.3) is 0 Å². The fourth-order valence-electron chi connectivity index (χ4n) is 1.64. The topological polar surface area (TPSA) is 85.3 Å². The predicted octanol–water partition coefficient (Wildman–Crippen LogP) is 1.53. The summed E-state index contributed by atoms with van der Waals surface area (Å²) in [6.45, 7) is 0.874. The smallest absolute Gasteiger partial charge is 0.320 e. The first-order valence-corrected chi connectivity index (χ1v) is 6.95. The Balaban J connectivity index is 3.07. The van der Waals surface area contributed by atoms with Crippen molar-refractivity contribution in [1.29, 1.82) is 0 Å². The zero-order chi connectivity index (χ0) is 15.7. The van der Waals surface area contributed by atoms with E-state index in [9.17, 15) is 26.0 Å². The summed E-state index contributed by atoms with van der Waals surface area (Å²) in [5.74, 6) is -4.27. The molecule has 0 saturated carbocycles. The van der Waals surface area contributed by atoms with Gasteiger partial charge in [-0.15, -0.1) is 0 Å². The van der Waals surface area contributed by atoms with E-state index in [1.165, 1.54) is 18.6 Å². The molecule has 0 unspecified atom stereocenters. The summed E-state index contributed by atoms with van der Waals surface area (Å²) in [4.78, 5) is -0.387. The lowest BCUT2D eigenvalue weighted by Crippen LogP contribution is -2.41. The molecule has 1 heterocycles. The van der Waals surface area contributed by atoms with Gasteiger partial charge in [0.15, 0.2) is 0 Å². The molecule has 1 aromatic rings. The van der Waals surface area contributed by atoms with Crippen LogP contribution in [0.5, 0.6) is 0 Å². The average Bonchev–Trinajstić information content (AvgIpc) is 2.61. The molecular formula is C10H14F4N2O3S. The van der Waals surface area contributed by atoms with Gasteiger partial charge in [0.2, 0.25) is 10.0 Å². The Bertz CT molecular complexity index is 584. The summed E-state index contributed by atoms with van der Waals surface area (Å²) in [6, 6.07) is 0. The number of rotatable bonds is 6. The first kappa shape index (κ1) is 16.9. The van der Waals surface area contributed by atoms with Gasteiger partial charge in [0.05, 0.1) is 6.54 Å². The lowest BCUT2D eigenvalue weighted by Gasteiger charge is -2.16. The van der Waals surface area contributed by atoms with Gasteiger partial charge in [0, 0.05) is 12.1 Å². The van der Waals surface area contributed by atoms with Crippen molar-refractivity contribution in [2.24, 2.45) is 5.73 Å². The van der Waals surface area contributed by atoms with Gasteiger partial charge in [-0.3, -0.25) is 0 Å². The van der Waals surface area contributed by atoms with Crippen molar-refractivity contribution in [3.8, 4) is 0 Å². The van der Waals surface area contributed by atoms with E-state index in [2.05, 4.69) is 0 Å². The lowest BCUT2D eigenvalue weighted by molar-refractivity contribution is -0.122. The number of halogens is 4. The summed E-state index contributed by atoms with van der Waals surface area (Å²) in [5.41, 5.74) is 5.49.